The Morgan fingerprint density at radius 3 is 2.39 bits per heavy atom. The van der Waals surface area contributed by atoms with Gasteiger partial charge >= 0.3 is 5.97 Å². The predicted octanol–water partition coefficient (Wildman–Crippen LogP) is 3.73. The van der Waals surface area contributed by atoms with E-state index in [4.69, 9.17) is 28.9 Å². The lowest BCUT2D eigenvalue weighted by molar-refractivity contribution is -0.135. The molecule has 0 aromatic carbocycles. The minimum absolute atomic E-state index is 0.0339. The fourth-order valence-corrected chi connectivity index (χ4v) is 1.43. The van der Waals surface area contributed by atoms with Gasteiger partial charge in [-0.25, -0.2) is 9.18 Å². The van der Waals surface area contributed by atoms with Crippen LogP contribution in [0.25, 0.3) is 0 Å². The maximum atomic E-state index is 13.5. The van der Waals surface area contributed by atoms with Crippen molar-refractivity contribution in [3.8, 4) is 0 Å². The molecule has 6 heteroatoms. The maximum Gasteiger partial charge on any atom is 0.339 e. The van der Waals surface area contributed by atoms with Crippen molar-refractivity contribution < 1.29 is 13.9 Å². The van der Waals surface area contributed by atoms with Crippen molar-refractivity contribution in [3.05, 3.63) is 33.2 Å². The highest BCUT2D eigenvalue weighted by Gasteiger charge is 2.18. The normalized spacial score (nSPS) is 14.9. The van der Waals surface area contributed by atoms with Crippen LogP contribution in [0, 0.1) is 0 Å². The average molecular weight is 296 g/mol. The fraction of sp³-hybridized carbons (Fsp3) is 0.417. The summed E-state index contributed by atoms with van der Waals surface area (Å²) < 4.78 is 18.1. The van der Waals surface area contributed by atoms with Gasteiger partial charge in [-0.1, -0.05) is 42.6 Å². The average Bonchev–Trinajstić information content (AvgIpc) is 2.36. The molecule has 0 amide bonds. The maximum absolute atomic E-state index is 13.5. The van der Waals surface area contributed by atoms with E-state index in [1.807, 2.05) is 6.92 Å². The van der Waals surface area contributed by atoms with Crippen molar-refractivity contribution in [2.45, 2.75) is 26.7 Å². The highest BCUT2D eigenvalue weighted by atomic mass is 35.5. The molecular formula is C12H16Cl2FNO2. The minimum Gasteiger partial charge on any atom is -0.465 e. The van der Waals surface area contributed by atoms with E-state index in [0.29, 0.717) is 6.42 Å². The molecule has 0 rings (SSSR count). The van der Waals surface area contributed by atoms with Crippen LogP contribution in [0.15, 0.2) is 33.2 Å². The molecule has 3 nitrogen and oxygen atoms in total. The third-order valence-electron chi connectivity index (χ3n) is 2.05. The van der Waals surface area contributed by atoms with Crippen molar-refractivity contribution in [1.82, 2.24) is 0 Å². The lowest BCUT2D eigenvalue weighted by Gasteiger charge is -2.08. The Labute approximate surface area is 116 Å². The first kappa shape index (κ1) is 17.0. The number of methoxy groups -OCH3 is 1. The molecule has 0 saturated carbocycles. The summed E-state index contributed by atoms with van der Waals surface area (Å²) in [7, 11) is 1.21. The second-order valence-corrected chi connectivity index (χ2v) is 4.42. The van der Waals surface area contributed by atoms with E-state index in [-0.39, 0.29) is 21.3 Å². The minimum atomic E-state index is -0.854. The van der Waals surface area contributed by atoms with Gasteiger partial charge in [-0.2, -0.15) is 0 Å². The number of nitrogens with two attached hydrogens (primary N) is 1. The molecule has 18 heavy (non-hydrogen) atoms. The Balaban J connectivity index is 5.58. The van der Waals surface area contributed by atoms with Crippen LogP contribution < -0.4 is 5.73 Å². The molecule has 0 aromatic heterocycles. The topological polar surface area (TPSA) is 52.3 Å². The number of halogens is 3. The van der Waals surface area contributed by atoms with Gasteiger partial charge in [-0.05, 0) is 13.3 Å². The van der Waals surface area contributed by atoms with Gasteiger partial charge in [0.1, 0.15) is 0 Å². The molecule has 0 heterocycles. The first-order valence-corrected chi connectivity index (χ1v) is 6.08. The fourth-order valence-electron chi connectivity index (χ4n) is 1.09. The number of rotatable bonds is 5. The molecule has 0 radical (unpaired) electrons. The Morgan fingerprint density at radius 1 is 1.44 bits per heavy atom. The van der Waals surface area contributed by atoms with Gasteiger partial charge in [-0.3, -0.25) is 0 Å². The van der Waals surface area contributed by atoms with Crippen LogP contribution in [0.5, 0.6) is 0 Å². The predicted molar refractivity (Wildman–Crippen MR) is 71.7 cm³/mol. The smallest absolute Gasteiger partial charge is 0.339 e. The van der Waals surface area contributed by atoms with Gasteiger partial charge in [0.2, 0.25) is 0 Å². The first-order chi connectivity index (χ1) is 8.36. The lowest BCUT2D eigenvalue weighted by Crippen LogP contribution is -2.10. The van der Waals surface area contributed by atoms with Crippen LogP contribution in [-0.2, 0) is 9.53 Å². The highest BCUT2D eigenvalue weighted by Crippen LogP contribution is 2.26. The van der Waals surface area contributed by atoms with Crippen molar-refractivity contribution >= 4 is 29.2 Å². The Kier molecular flexibility index (Phi) is 7.71. The summed E-state index contributed by atoms with van der Waals surface area (Å²) in [5, 5.41) is -0.335. The summed E-state index contributed by atoms with van der Waals surface area (Å²) in [6.07, 6.45) is 2.95. The van der Waals surface area contributed by atoms with E-state index < -0.39 is 11.8 Å². The third-order valence-corrected chi connectivity index (χ3v) is 2.63. The Hall–Kier alpha value is -1.00. The zero-order valence-corrected chi connectivity index (χ0v) is 12.0. The number of ether oxygens (including phenoxy) is 1. The summed E-state index contributed by atoms with van der Waals surface area (Å²) in [6.45, 7) is 3.26. The number of carbonyl (C=O) groups is 1. The van der Waals surface area contributed by atoms with E-state index in [9.17, 15) is 9.18 Å². The standard InChI is InChI=1S/C12H16Cl2FNO2/c1-4-5-6-8(12(17)18-3)9(14)11(16)10(15)7(2)13/h6H,4-5,16H2,1-3H3/b8-6-,10-7-,11-9-. The van der Waals surface area contributed by atoms with E-state index in [1.54, 1.807) is 6.08 Å². The van der Waals surface area contributed by atoms with Crippen LogP contribution in [-0.4, -0.2) is 13.1 Å². The monoisotopic (exact) mass is 295 g/mol. The van der Waals surface area contributed by atoms with Crippen molar-refractivity contribution in [3.63, 3.8) is 0 Å². The van der Waals surface area contributed by atoms with E-state index in [1.165, 1.54) is 14.0 Å². The Morgan fingerprint density at radius 2 is 2.00 bits per heavy atom. The summed E-state index contributed by atoms with van der Waals surface area (Å²) in [5.74, 6) is -1.52. The van der Waals surface area contributed by atoms with E-state index >= 15 is 0 Å². The van der Waals surface area contributed by atoms with Crippen LogP contribution in [0.2, 0.25) is 0 Å². The Bertz CT molecular complexity index is 410. The molecule has 0 unspecified atom stereocenters. The van der Waals surface area contributed by atoms with Crippen LogP contribution in [0.1, 0.15) is 26.7 Å². The molecular weight excluding hydrogens is 280 g/mol. The number of esters is 1. The van der Waals surface area contributed by atoms with Gasteiger partial charge < -0.3 is 10.5 Å². The van der Waals surface area contributed by atoms with E-state index in [2.05, 4.69) is 4.74 Å². The zero-order valence-electron chi connectivity index (χ0n) is 10.5. The summed E-state index contributed by atoms with van der Waals surface area (Å²) >= 11 is 11.4. The van der Waals surface area contributed by atoms with Crippen molar-refractivity contribution in [1.29, 1.82) is 0 Å². The van der Waals surface area contributed by atoms with Crippen LogP contribution >= 0.6 is 23.2 Å². The number of allylic oxidation sites excluding steroid dienone is 3. The number of carbonyl (C=O) groups excluding carboxylic acids is 1. The van der Waals surface area contributed by atoms with Crippen LogP contribution in [0.4, 0.5) is 4.39 Å². The molecule has 0 aliphatic carbocycles. The van der Waals surface area contributed by atoms with E-state index in [0.717, 1.165) is 6.42 Å². The quantitative estimate of drug-likeness (QED) is 0.478. The van der Waals surface area contributed by atoms with Crippen LogP contribution in [0.3, 0.4) is 0 Å². The molecule has 0 aliphatic heterocycles. The summed E-state index contributed by atoms with van der Waals surface area (Å²) in [6, 6.07) is 0. The highest BCUT2D eigenvalue weighted by molar-refractivity contribution is 6.36. The first-order valence-electron chi connectivity index (χ1n) is 5.33. The van der Waals surface area contributed by atoms with Crippen molar-refractivity contribution in [2.24, 2.45) is 5.73 Å². The second-order valence-electron chi connectivity index (χ2n) is 3.47. The SMILES string of the molecule is CCC/C=C(C(=O)OC)/C(Cl)=C(N)\C(F)=C(/C)Cl. The molecule has 2 N–H and O–H groups in total. The summed E-state index contributed by atoms with van der Waals surface area (Å²) in [4.78, 5) is 11.5. The molecule has 0 spiro atoms. The molecule has 0 atom stereocenters. The lowest BCUT2D eigenvalue weighted by atomic mass is 10.1. The molecule has 0 aromatic rings. The summed E-state index contributed by atoms with van der Waals surface area (Å²) in [5.41, 5.74) is 5.16. The molecule has 0 aliphatic rings. The number of unbranched alkanes of at least 4 members (excludes halogenated alkanes) is 1. The number of hydrogen-bond donors (Lipinski definition) is 1. The van der Waals surface area contributed by atoms with Gasteiger partial charge in [0.05, 0.1) is 28.4 Å². The van der Waals surface area contributed by atoms with Crippen molar-refractivity contribution in [2.75, 3.05) is 7.11 Å². The number of hydrogen-bond acceptors (Lipinski definition) is 3. The van der Waals surface area contributed by atoms with Gasteiger partial charge in [0.15, 0.2) is 5.83 Å². The largest absolute Gasteiger partial charge is 0.465 e. The van der Waals surface area contributed by atoms with Gasteiger partial charge in [0, 0.05) is 0 Å². The molecule has 0 bridgehead atoms. The third kappa shape index (κ3) is 4.70. The molecule has 0 saturated heterocycles. The zero-order chi connectivity index (χ0) is 14.3. The molecule has 102 valence electrons. The molecule has 0 fully saturated rings. The second kappa shape index (κ2) is 8.16. The van der Waals surface area contributed by atoms with Gasteiger partial charge in [0.25, 0.3) is 0 Å². The van der Waals surface area contributed by atoms with Gasteiger partial charge in [-0.15, -0.1) is 0 Å².